The summed E-state index contributed by atoms with van der Waals surface area (Å²) in [6.07, 6.45) is 0. The van der Waals surface area contributed by atoms with Crippen molar-refractivity contribution in [1.29, 1.82) is 0 Å². The molecule has 25 heavy (non-hydrogen) atoms. The molecule has 4 rings (SSSR count). The van der Waals surface area contributed by atoms with Gasteiger partial charge < -0.3 is 5.32 Å². The number of anilines is 2. The minimum Gasteiger partial charge on any atom is -0.322 e. The van der Waals surface area contributed by atoms with Crippen LogP contribution < -0.4 is 10.2 Å². The van der Waals surface area contributed by atoms with E-state index in [9.17, 15) is 14.0 Å². The van der Waals surface area contributed by atoms with Crippen molar-refractivity contribution in [2.24, 2.45) is 0 Å². The molecule has 4 nitrogen and oxygen atoms in total. The van der Waals surface area contributed by atoms with Crippen molar-refractivity contribution in [3.63, 3.8) is 0 Å². The van der Waals surface area contributed by atoms with Crippen LogP contribution in [0, 0.1) is 5.82 Å². The monoisotopic (exact) mass is 398 g/mol. The predicted molar refractivity (Wildman–Crippen MR) is 98.4 cm³/mol. The van der Waals surface area contributed by atoms with Gasteiger partial charge in [0.1, 0.15) is 12.4 Å². The highest BCUT2D eigenvalue weighted by Crippen LogP contribution is 2.36. The summed E-state index contributed by atoms with van der Waals surface area (Å²) in [5, 5.41) is 4.31. The fraction of sp³-hybridized carbons (Fsp3) is 0.0526. The van der Waals surface area contributed by atoms with E-state index in [1.54, 1.807) is 12.1 Å². The molecule has 3 aromatic carbocycles. The van der Waals surface area contributed by atoms with Crippen molar-refractivity contribution in [2.75, 3.05) is 16.8 Å². The van der Waals surface area contributed by atoms with Crippen LogP contribution >= 0.6 is 15.9 Å². The lowest BCUT2D eigenvalue weighted by molar-refractivity contribution is -0.114. The first-order valence-corrected chi connectivity index (χ1v) is 8.42. The molecule has 0 radical (unpaired) electrons. The van der Waals surface area contributed by atoms with Gasteiger partial charge in [-0.25, -0.2) is 4.39 Å². The summed E-state index contributed by atoms with van der Waals surface area (Å²) in [4.78, 5) is 26.4. The minimum absolute atomic E-state index is 0.0792. The standard InChI is InChI=1S/C19H12BrFN2O2/c20-12-7-8-15(14(21)9-12)22-17(24)10-23-16-6-2-4-11-3-1-5-13(18(11)16)19(23)25/h1-9H,10H2,(H,22,24). The van der Waals surface area contributed by atoms with Gasteiger partial charge in [0.05, 0.1) is 11.4 Å². The molecule has 0 spiro atoms. The molecule has 0 fully saturated rings. The summed E-state index contributed by atoms with van der Waals surface area (Å²) >= 11 is 3.17. The van der Waals surface area contributed by atoms with Crippen LogP contribution in [0.5, 0.6) is 0 Å². The first-order valence-electron chi connectivity index (χ1n) is 7.63. The smallest absolute Gasteiger partial charge is 0.259 e. The zero-order chi connectivity index (χ0) is 17.6. The van der Waals surface area contributed by atoms with Crippen LogP contribution in [0.15, 0.2) is 59.1 Å². The molecule has 1 aliphatic heterocycles. The number of rotatable bonds is 3. The van der Waals surface area contributed by atoms with Crippen LogP contribution in [0.4, 0.5) is 15.8 Å². The van der Waals surface area contributed by atoms with Crippen molar-refractivity contribution in [1.82, 2.24) is 0 Å². The lowest BCUT2D eigenvalue weighted by Gasteiger charge is -2.17. The SMILES string of the molecule is O=C(CN1C(=O)c2cccc3cccc1c23)Nc1ccc(Br)cc1F. The number of halogens is 2. The molecule has 0 bridgehead atoms. The Bertz CT molecular complexity index is 1030. The molecule has 1 aliphatic rings. The Morgan fingerprint density at radius 3 is 2.64 bits per heavy atom. The van der Waals surface area contributed by atoms with Gasteiger partial charge in [0.15, 0.2) is 0 Å². The zero-order valence-corrected chi connectivity index (χ0v) is 14.5. The van der Waals surface area contributed by atoms with Crippen LogP contribution in [0.25, 0.3) is 10.8 Å². The molecule has 1 N–H and O–H groups in total. The van der Waals surface area contributed by atoms with E-state index in [1.165, 1.54) is 17.0 Å². The molecule has 0 aromatic heterocycles. The van der Waals surface area contributed by atoms with Crippen molar-refractivity contribution >= 4 is 49.9 Å². The second kappa shape index (κ2) is 5.97. The average molecular weight is 399 g/mol. The summed E-state index contributed by atoms with van der Waals surface area (Å²) in [5.41, 5.74) is 1.36. The maximum Gasteiger partial charge on any atom is 0.259 e. The van der Waals surface area contributed by atoms with Gasteiger partial charge in [0, 0.05) is 15.4 Å². The Morgan fingerprint density at radius 2 is 1.88 bits per heavy atom. The van der Waals surface area contributed by atoms with Crippen molar-refractivity contribution in [2.45, 2.75) is 0 Å². The fourth-order valence-electron chi connectivity index (χ4n) is 3.06. The van der Waals surface area contributed by atoms with Crippen LogP contribution in [0.3, 0.4) is 0 Å². The van der Waals surface area contributed by atoms with E-state index < -0.39 is 11.7 Å². The number of hydrogen-bond donors (Lipinski definition) is 1. The Morgan fingerprint density at radius 1 is 1.12 bits per heavy atom. The van der Waals surface area contributed by atoms with Crippen molar-refractivity contribution in [3.05, 3.63) is 70.5 Å². The Kier molecular flexibility index (Phi) is 3.77. The van der Waals surface area contributed by atoms with Crippen LogP contribution in [0.1, 0.15) is 10.4 Å². The van der Waals surface area contributed by atoms with E-state index in [4.69, 9.17) is 0 Å². The lowest BCUT2D eigenvalue weighted by Crippen LogP contribution is -2.35. The summed E-state index contributed by atoms with van der Waals surface area (Å²) < 4.78 is 14.5. The Hall–Kier alpha value is -2.73. The number of carbonyl (C=O) groups is 2. The number of carbonyl (C=O) groups excluding carboxylic acids is 2. The second-order valence-corrected chi connectivity index (χ2v) is 6.66. The molecule has 3 aromatic rings. The molecule has 0 saturated carbocycles. The maximum absolute atomic E-state index is 13.9. The summed E-state index contributed by atoms with van der Waals surface area (Å²) in [6.45, 7) is -0.178. The molecule has 6 heteroatoms. The van der Waals surface area contributed by atoms with E-state index in [0.29, 0.717) is 15.7 Å². The number of amides is 2. The van der Waals surface area contributed by atoms with Gasteiger partial charge >= 0.3 is 0 Å². The van der Waals surface area contributed by atoms with Gasteiger partial charge in [-0.2, -0.15) is 0 Å². The number of nitrogens with one attached hydrogen (secondary N) is 1. The summed E-state index contributed by atoms with van der Waals surface area (Å²) in [5.74, 6) is -1.22. The molecular formula is C19H12BrFN2O2. The predicted octanol–water partition coefficient (Wildman–Crippen LogP) is 4.34. The van der Waals surface area contributed by atoms with E-state index >= 15 is 0 Å². The first-order chi connectivity index (χ1) is 12.0. The lowest BCUT2D eigenvalue weighted by atomic mass is 10.1. The highest BCUT2D eigenvalue weighted by atomic mass is 79.9. The van der Waals surface area contributed by atoms with E-state index in [1.807, 2.05) is 30.3 Å². The van der Waals surface area contributed by atoms with Gasteiger partial charge in [0.25, 0.3) is 5.91 Å². The molecular weight excluding hydrogens is 387 g/mol. The van der Waals surface area contributed by atoms with E-state index in [2.05, 4.69) is 21.2 Å². The molecule has 2 amide bonds. The quantitative estimate of drug-likeness (QED) is 0.713. The normalized spacial score (nSPS) is 12.7. The zero-order valence-electron chi connectivity index (χ0n) is 12.9. The maximum atomic E-state index is 13.9. The van der Waals surface area contributed by atoms with Crippen molar-refractivity contribution < 1.29 is 14.0 Å². The van der Waals surface area contributed by atoms with Gasteiger partial charge in [-0.05, 0) is 35.7 Å². The van der Waals surface area contributed by atoms with Crippen LogP contribution in [0.2, 0.25) is 0 Å². The molecule has 0 saturated heterocycles. The van der Waals surface area contributed by atoms with Crippen molar-refractivity contribution in [3.8, 4) is 0 Å². The summed E-state index contributed by atoms with van der Waals surface area (Å²) in [6, 6.07) is 15.5. The molecule has 1 heterocycles. The third-order valence-electron chi connectivity index (χ3n) is 4.16. The topological polar surface area (TPSA) is 49.4 Å². The van der Waals surface area contributed by atoms with E-state index in [-0.39, 0.29) is 18.1 Å². The van der Waals surface area contributed by atoms with Crippen LogP contribution in [-0.2, 0) is 4.79 Å². The first kappa shape index (κ1) is 15.8. The highest BCUT2D eigenvalue weighted by molar-refractivity contribution is 9.10. The largest absolute Gasteiger partial charge is 0.322 e. The fourth-order valence-corrected chi connectivity index (χ4v) is 3.39. The average Bonchev–Trinajstić information content (AvgIpc) is 2.86. The minimum atomic E-state index is -0.541. The molecule has 0 unspecified atom stereocenters. The number of hydrogen-bond acceptors (Lipinski definition) is 2. The van der Waals surface area contributed by atoms with E-state index in [0.717, 1.165) is 10.8 Å². The van der Waals surface area contributed by atoms with Crippen LogP contribution in [-0.4, -0.2) is 18.4 Å². The highest BCUT2D eigenvalue weighted by Gasteiger charge is 2.30. The van der Waals surface area contributed by atoms with Gasteiger partial charge in [0.2, 0.25) is 5.91 Å². The number of nitrogens with zero attached hydrogens (tertiary/aromatic N) is 1. The molecule has 0 atom stereocenters. The number of benzene rings is 3. The summed E-state index contributed by atoms with van der Waals surface area (Å²) in [7, 11) is 0. The van der Waals surface area contributed by atoms with Gasteiger partial charge in [-0.3, -0.25) is 14.5 Å². The third-order valence-corrected chi connectivity index (χ3v) is 4.65. The Labute approximate surface area is 151 Å². The van der Waals surface area contributed by atoms with Gasteiger partial charge in [-0.15, -0.1) is 0 Å². The molecule has 124 valence electrons. The Balaban J connectivity index is 1.61. The second-order valence-electron chi connectivity index (χ2n) is 5.74. The third kappa shape index (κ3) is 2.68. The van der Waals surface area contributed by atoms with Gasteiger partial charge in [-0.1, -0.05) is 40.2 Å². The molecule has 0 aliphatic carbocycles.